The van der Waals surface area contributed by atoms with Crippen LogP contribution in [0.25, 0.3) is 0 Å². The molecule has 1 N–H and O–H groups in total. The van der Waals surface area contributed by atoms with Crippen molar-refractivity contribution in [1.29, 1.82) is 0 Å². The number of aryl methyl sites for hydroxylation is 1. The second-order valence-electron chi connectivity index (χ2n) is 12.8. The average Bonchev–Trinajstić information content (AvgIpc) is 2.98. The molecule has 1 unspecified atom stereocenters. The molecule has 10 heteroatoms. The summed E-state index contributed by atoms with van der Waals surface area (Å²) in [6, 6.07) is 8.96. The molecule has 2 aromatic carbocycles. The van der Waals surface area contributed by atoms with E-state index >= 15 is 0 Å². The number of hydrogen-bond acceptors (Lipinski definition) is 6. The van der Waals surface area contributed by atoms with Crippen LogP contribution in [0.5, 0.6) is 5.75 Å². The number of piperidine rings is 1. The maximum absolute atomic E-state index is 13.9. The minimum absolute atomic E-state index is 0.0339. The summed E-state index contributed by atoms with van der Waals surface area (Å²) in [5.41, 5.74) is 3.29. The molecule has 2 aliphatic rings. The molecule has 0 aromatic heterocycles. The lowest BCUT2D eigenvalue weighted by atomic mass is 9.78. The number of carbonyl (C=O) groups is 1. The van der Waals surface area contributed by atoms with Crippen LogP contribution in [0.1, 0.15) is 73.2 Å². The molecule has 8 nitrogen and oxygen atoms in total. The standard InChI is InChI=1S/C34H50FN3O5S/c1-23-20-31(42-6)24(2)25(3)34(23)44(40,41)38-17-14-26(15-18-38)16-19-43-22-32(39)36-30-12-10-27(11-13-30)33(37(4)5)28-8-7-9-29(35)21-28/h7-9,20-21,26-27,30,33H,10-19,22H2,1-6H3,(H,36,39). The van der Waals surface area contributed by atoms with E-state index in [4.69, 9.17) is 9.47 Å². The van der Waals surface area contributed by atoms with Gasteiger partial charge in [-0.15, -0.1) is 0 Å². The second kappa shape index (κ2) is 15.2. The van der Waals surface area contributed by atoms with Gasteiger partial charge in [0.1, 0.15) is 18.2 Å². The number of methoxy groups -OCH3 is 1. The molecule has 0 radical (unpaired) electrons. The van der Waals surface area contributed by atoms with Gasteiger partial charge in [0.05, 0.1) is 12.0 Å². The van der Waals surface area contributed by atoms with Gasteiger partial charge in [0, 0.05) is 31.8 Å². The number of carbonyl (C=O) groups excluding carboxylic acids is 1. The fraction of sp³-hybridized carbons (Fsp3) is 0.618. The van der Waals surface area contributed by atoms with E-state index in [0.29, 0.717) is 47.7 Å². The number of sulfonamides is 1. The first-order valence-electron chi connectivity index (χ1n) is 15.9. The Labute approximate surface area is 263 Å². The lowest BCUT2D eigenvalue weighted by Crippen LogP contribution is -2.41. The Bertz CT molecular complexity index is 1380. The number of ether oxygens (including phenoxy) is 2. The fourth-order valence-corrected chi connectivity index (χ4v) is 9.10. The van der Waals surface area contributed by atoms with Crippen molar-refractivity contribution in [3.05, 3.63) is 58.4 Å². The minimum Gasteiger partial charge on any atom is -0.496 e. The van der Waals surface area contributed by atoms with E-state index in [9.17, 15) is 17.6 Å². The summed E-state index contributed by atoms with van der Waals surface area (Å²) in [5, 5.41) is 3.13. The van der Waals surface area contributed by atoms with Crippen LogP contribution in [0.3, 0.4) is 0 Å². The third kappa shape index (κ3) is 8.19. The zero-order valence-electron chi connectivity index (χ0n) is 27.2. The van der Waals surface area contributed by atoms with Crippen LogP contribution in [-0.4, -0.2) is 77.1 Å². The molecule has 1 aliphatic heterocycles. The molecule has 1 amide bonds. The first-order chi connectivity index (χ1) is 20.9. The number of benzene rings is 2. The zero-order valence-corrected chi connectivity index (χ0v) is 28.0. The second-order valence-corrected chi connectivity index (χ2v) is 14.7. The van der Waals surface area contributed by atoms with E-state index in [1.54, 1.807) is 29.6 Å². The molecule has 1 atom stereocenters. The van der Waals surface area contributed by atoms with Crippen LogP contribution in [0, 0.1) is 38.4 Å². The SMILES string of the molecule is COc1cc(C)c(S(=O)(=O)N2CCC(CCOCC(=O)NC3CCC(C(c4cccc(F)c4)N(C)C)CC3)CC2)c(C)c1C. The van der Waals surface area contributed by atoms with Crippen LogP contribution < -0.4 is 10.1 Å². The first kappa shape index (κ1) is 34.3. The summed E-state index contributed by atoms with van der Waals surface area (Å²) in [7, 11) is 2.08. The molecule has 44 heavy (non-hydrogen) atoms. The van der Waals surface area contributed by atoms with E-state index in [-0.39, 0.29) is 30.4 Å². The Hall–Kier alpha value is -2.53. The van der Waals surface area contributed by atoms with Crippen LogP contribution in [0.4, 0.5) is 4.39 Å². The van der Waals surface area contributed by atoms with Gasteiger partial charge in [0.2, 0.25) is 15.9 Å². The Kier molecular flexibility index (Phi) is 11.8. The van der Waals surface area contributed by atoms with Crippen LogP contribution >= 0.6 is 0 Å². The van der Waals surface area contributed by atoms with Crippen molar-refractivity contribution in [2.75, 3.05) is 47.5 Å². The molecule has 4 rings (SSSR count). The van der Waals surface area contributed by atoms with Gasteiger partial charge in [-0.3, -0.25) is 4.79 Å². The molecular formula is C34H50FN3O5S. The maximum Gasteiger partial charge on any atom is 0.246 e. The number of nitrogens with zero attached hydrogens (tertiary/aromatic N) is 2. The van der Waals surface area contributed by atoms with Crippen molar-refractivity contribution in [3.63, 3.8) is 0 Å². The van der Waals surface area contributed by atoms with E-state index in [1.165, 1.54) is 6.07 Å². The van der Waals surface area contributed by atoms with E-state index in [1.807, 2.05) is 40.9 Å². The van der Waals surface area contributed by atoms with Gasteiger partial charge in [0.15, 0.2) is 0 Å². The van der Waals surface area contributed by atoms with Crippen molar-refractivity contribution in [2.24, 2.45) is 11.8 Å². The summed E-state index contributed by atoms with van der Waals surface area (Å²) < 4.78 is 53.7. The monoisotopic (exact) mass is 631 g/mol. The Balaban J connectivity index is 1.16. The highest BCUT2D eigenvalue weighted by molar-refractivity contribution is 7.89. The van der Waals surface area contributed by atoms with Crippen molar-refractivity contribution < 1.29 is 27.1 Å². The van der Waals surface area contributed by atoms with Gasteiger partial charge in [-0.05, 0) is 132 Å². The van der Waals surface area contributed by atoms with Gasteiger partial charge >= 0.3 is 0 Å². The summed E-state index contributed by atoms with van der Waals surface area (Å²) in [6.45, 7) is 7.03. The molecule has 2 fully saturated rings. The van der Waals surface area contributed by atoms with Crippen molar-refractivity contribution >= 4 is 15.9 Å². The van der Waals surface area contributed by atoms with Gasteiger partial charge in [-0.25, -0.2) is 12.8 Å². The summed E-state index contributed by atoms with van der Waals surface area (Å²) >= 11 is 0. The minimum atomic E-state index is -3.60. The van der Waals surface area contributed by atoms with Gasteiger partial charge in [-0.2, -0.15) is 4.31 Å². The maximum atomic E-state index is 13.9. The average molecular weight is 632 g/mol. The highest BCUT2D eigenvalue weighted by Gasteiger charge is 2.33. The topological polar surface area (TPSA) is 88.2 Å². The zero-order chi connectivity index (χ0) is 32.0. The van der Waals surface area contributed by atoms with Gasteiger partial charge in [0.25, 0.3) is 0 Å². The van der Waals surface area contributed by atoms with Crippen LogP contribution in [0.15, 0.2) is 35.2 Å². The number of hydrogen-bond donors (Lipinski definition) is 1. The summed E-state index contributed by atoms with van der Waals surface area (Å²) in [4.78, 5) is 15.1. The molecule has 0 spiro atoms. The smallest absolute Gasteiger partial charge is 0.246 e. The highest BCUT2D eigenvalue weighted by Crippen LogP contribution is 2.38. The Morgan fingerprint density at radius 3 is 2.34 bits per heavy atom. The van der Waals surface area contributed by atoms with Crippen molar-refractivity contribution in [3.8, 4) is 5.75 Å². The molecule has 0 bridgehead atoms. The van der Waals surface area contributed by atoms with E-state index in [2.05, 4.69) is 10.2 Å². The number of rotatable bonds is 12. The van der Waals surface area contributed by atoms with Crippen molar-refractivity contribution in [2.45, 2.75) is 82.7 Å². The van der Waals surface area contributed by atoms with Crippen LogP contribution in [-0.2, 0) is 19.6 Å². The number of nitrogens with one attached hydrogen (secondary N) is 1. The molecule has 1 heterocycles. The predicted molar refractivity (Wildman–Crippen MR) is 171 cm³/mol. The Morgan fingerprint density at radius 1 is 1.05 bits per heavy atom. The van der Waals surface area contributed by atoms with E-state index < -0.39 is 10.0 Å². The molecule has 1 aliphatic carbocycles. The lowest BCUT2D eigenvalue weighted by molar-refractivity contribution is -0.126. The largest absolute Gasteiger partial charge is 0.496 e. The van der Waals surface area contributed by atoms with E-state index in [0.717, 1.165) is 61.6 Å². The highest BCUT2D eigenvalue weighted by atomic mass is 32.2. The third-order valence-corrected chi connectivity index (χ3v) is 11.8. The Morgan fingerprint density at radius 2 is 1.73 bits per heavy atom. The van der Waals surface area contributed by atoms with Crippen molar-refractivity contribution in [1.82, 2.24) is 14.5 Å². The first-order valence-corrected chi connectivity index (χ1v) is 17.3. The molecular weight excluding hydrogens is 581 g/mol. The van der Waals surface area contributed by atoms with Gasteiger partial charge < -0.3 is 19.7 Å². The quantitative estimate of drug-likeness (QED) is 0.310. The third-order valence-electron chi connectivity index (χ3n) is 9.60. The predicted octanol–water partition coefficient (Wildman–Crippen LogP) is 5.54. The molecule has 1 saturated carbocycles. The molecule has 244 valence electrons. The summed E-state index contributed by atoms with van der Waals surface area (Å²) in [5.74, 6) is 1.17. The normalized spacial score (nSPS) is 20.9. The van der Waals surface area contributed by atoms with Gasteiger partial charge in [-0.1, -0.05) is 12.1 Å². The van der Waals surface area contributed by atoms with Crippen LogP contribution in [0.2, 0.25) is 0 Å². The molecule has 1 saturated heterocycles. The summed E-state index contributed by atoms with van der Waals surface area (Å²) in [6.07, 6.45) is 6.08. The number of amides is 1. The number of halogens is 1. The molecule has 2 aromatic rings. The fourth-order valence-electron chi connectivity index (χ4n) is 7.14. The lowest BCUT2D eigenvalue weighted by Gasteiger charge is -2.37.